The fourth-order valence-electron chi connectivity index (χ4n) is 1.36. The van der Waals surface area contributed by atoms with Crippen LogP contribution in [0.2, 0.25) is 0 Å². The van der Waals surface area contributed by atoms with E-state index in [-0.39, 0.29) is 10.8 Å². The van der Waals surface area contributed by atoms with E-state index in [0.717, 1.165) is 11.8 Å². The van der Waals surface area contributed by atoms with Gasteiger partial charge in [-0.1, -0.05) is 17.8 Å². The number of hydrogen-bond acceptors (Lipinski definition) is 6. The van der Waals surface area contributed by atoms with Crippen LogP contribution in [-0.4, -0.2) is 38.5 Å². The summed E-state index contributed by atoms with van der Waals surface area (Å²) in [5.41, 5.74) is 0.716. The van der Waals surface area contributed by atoms with Crippen molar-refractivity contribution in [3.63, 3.8) is 0 Å². The van der Waals surface area contributed by atoms with Gasteiger partial charge in [-0.3, -0.25) is 14.6 Å². The van der Waals surface area contributed by atoms with Crippen molar-refractivity contribution in [3.05, 3.63) is 29.6 Å². The predicted molar refractivity (Wildman–Crippen MR) is 68.3 cm³/mol. The van der Waals surface area contributed by atoms with Crippen molar-refractivity contribution in [2.75, 3.05) is 5.75 Å². The molecule has 0 aliphatic carbocycles. The zero-order valence-corrected chi connectivity index (χ0v) is 10.8. The molecular formula is C12H15NO4S. The molecule has 1 rings (SSSR count). The molecule has 0 aromatic carbocycles. The lowest BCUT2D eigenvalue weighted by Gasteiger charge is -2.17. The topological polar surface area (TPSA) is 87.5 Å². The Morgan fingerprint density at radius 3 is 2.72 bits per heavy atom. The smallest absolute Gasteiger partial charge is 0.185 e. The third-order valence-electron chi connectivity index (χ3n) is 2.35. The fraction of sp³-hybridized carbons (Fsp3) is 0.417. The summed E-state index contributed by atoms with van der Waals surface area (Å²) in [6.45, 7) is 1.45. The predicted octanol–water partition coefficient (Wildman–Crippen LogP) is 0.958. The average Bonchev–Trinajstić information content (AvgIpc) is 2.37. The third-order valence-corrected chi connectivity index (χ3v) is 3.20. The maximum Gasteiger partial charge on any atom is 0.185 e. The molecule has 6 heteroatoms. The fourth-order valence-corrected chi connectivity index (χ4v) is 2.01. The lowest BCUT2D eigenvalue weighted by atomic mass is 10.0. The number of nitrogens with zero attached hydrogens (tertiary/aromatic N) is 1. The lowest BCUT2D eigenvalue weighted by Crippen LogP contribution is -2.19. The van der Waals surface area contributed by atoms with Crippen molar-refractivity contribution < 1.29 is 19.8 Å². The van der Waals surface area contributed by atoms with Crippen molar-refractivity contribution in [2.45, 2.75) is 25.6 Å². The van der Waals surface area contributed by atoms with E-state index < -0.39 is 12.2 Å². The molecule has 0 radical (unpaired) electrons. The van der Waals surface area contributed by atoms with E-state index in [1.54, 1.807) is 6.07 Å². The van der Waals surface area contributed by atoms with Crippen molar-refractivity contribution in [1.82, 2.24) is 4.98 Å². The highest BCUT2D eigenvalue weighted by Gasteiger charge is 2.18. The first-order chi connectivity index (χ1) is 8.54. The SMILES string of the molecule is CC(=O)SCCC(O)C(O)c1ccc(C=O)nc1. The number of aliphatic hydroxyl groups is 2. The molecular weight excluding hydrogens is 254 g/mol. The third kappa shape index (κ3) is 4.56. The van der Waals surface area contributed by atoms with Gasteiger partial charge in [0.15, 0.2) is 11.4 Å². The minimum atomic E-state index is -1.06. The summed E-state index contributed by atoms with van der Waals surface area (Å²) >= 11 is 1.11. The van der Waals surface area contributed by atoms with E-state index in [9.17, 15) is 19.8 Å². The number of aliphatic hydroxyl groups excluding tert-OH is 2. The molecule has 0 amide bonds. The van der Waals surface area contributed by atoms with Crippen molar-refractivity contribution in [1.29, 1.82) is 0 Å². The molecule has 0 spiro atoms. The molecule has 1 aromatic rings. The standard InChI is InChI=1S/C12H15NO4S/c1-8(15)18-5-4-11(16)12(17)9-2-3-10(7-14)13-6-9/h2-3,6-7,11-12,16-17H,4-5H2,1H3. The Morgan fingerprint density at radius 2 is 2.22 bits per heavy atom. The maximum atomic E-state index is 10.7. The highest BCUT2D eigenvalue weighted by Crippen LogP contribution is 2.19. The monoisotopic (exact) mass is 269 g/mol. The van der Waals surface area contributed by atoms with Crippen LogP contribution in [0.15, 0.2) is 18.3 Å². The van der Waals surface area contributed by atoms with Gasteiger partial charge in [-0.25, -0.2) is 0 Å². The Balaban J connectivity index is 2.53. The number of aromatic nitrogens is 1. The van der Waals surface area contributed by atoms with Crippen molar-refractivity contribution >= 4 is 23.2 Å². The Kier molecular flexibility index (Phi) is 5.97. The van der Waals surface area contributed by atoms with Crippen LogP contribution in [0, 0.1) is 0 Å². The van der Waals surface area contributed by atoms with Crippen LogP contribution in [0.4, 0.5) is 0 Å². The van der Waals surface area contributed by atoms with Gasteiger partial charge in [-0.2, -0.15) is 0 Å². The van der Waals surface area contributed by atoms with Crippen molar-refractivity contribution in [3.8, 4) is 0 Å². The highest BCUT2D eigenvalue weighted by atomic mass is 32.2. The minimum absolute atomic E-state index is 0.0197. The molecule has 2 atom stereocenters. The first-order valence-electron chi connectivity index (χ1n) is 5.45. The van der Waals surface area contributed by atoms with E-state index in [1.807, 2.05) is 0 Å². The van der Waals surface area contributed by atoms with Gasteiger partial charge in [0, 0.05) is 24.4 Å². The number of rotatable bonds is 6. The van der Waals surface area contributed by atoms with Crippen molar-refractivity contribution in [2.24, 2.45) is 0 Å². The van der Waals surface area contributed by atoms with Crippen LogP contribution in [0.5, 0.6) is 0 Å². The second kappa shape index (κ2) is 7.25. The number of hydrogen-bond donors (Lipinski definition) is 2. The molecule has 2 N–H and O–H groups in total. The number of aldehydes is 1. The number of carbonyl (C=O) groups excluding carboxylic acids is 2. The van der Waals surface area contributed by atoms with Gasteiger partial charge in [0.2, 0.25) is 0 Å². The Bertz CT molecular complexity index is 407. The quantitative estimate of drug-likeness (QED) is 0.748. The van der Waals surface area contributed by atoms with E-state index in [1.165, 1.54) is 19.2 Å². The number of carbonyl (C=O) groups is 2. The highest BCUT2D eigenvalue weighted by molar-refractivity contribution is 8.13. The van der Waals surface area contributed by atoms with Crippen LogP contribution < -0.4 is 0 Å². The van der Waals surface area contributed by atoms with Gasteiger partial charge in [-0.15, -0.1) is 0 Å². The van der Waals surface area contributed by atoms with Crippen LogP contribution >= 0.6 is 11.8 Å². The van der Waals surface area contributed by atoms with E-state index in [2.05, 4.69) is 4.98 Å². The van der Waals surface area contributed by atoms with E-state index >= 15 is 0 Å². The summed E-state index contributed by atoms with van der Waals surface area (Å²) in [6, 6.07) is 3.02. The van der Waals surface area contributed by atoms with E-state index in [0.29, 0.717) is 24.0 Å². The molecule has 5 nitrogen and oxygen atoms in total. The summed E-state index contributed by atoms with van der Waals surface area (Å²) in [7, 11) is 0. The molecule has 0 aliphatic rings. The summed E-state index contributed by atoms with van der Waals surface area (Å²) < 4.78 is 0. The summed E-state index contributed by atoms with van der Waals surface area (Å²) in [6.07, 6.45) is 0.249. The molecule has 0 saturated heterocycles. The normalized spacial score (nSPS) is 13.9. The van der Waals surface area contributed by atoms with Crippen LogP contribution in [0.1, 0.15) is 35.5 Å². The molecule has 0 bridgehead atoms. The number of pyridine rings is 1. The average molecular weight is 269 g/mol. The molecule has 0 saturated carbocycles. The van der Waals surface area contributed by atoms with Crippen LogP contribution in [0.3, 0.4) is 0 Å². The lowest BCUT2D eigenvalue weighted by molar-refractivity contribution is -0.109. The second-order valence-corrected chi connectivity index (χ2v) is 5.05. The first kappa shape index (κ1) is 14.8. The first-order valence-corrected chi connectivity index (χ1v) is 6.43. The van der Waals surface area contributed by atoms with Crippen LogP contribution in [0.25, 0.3) is 0 Å². The molecule has 98 valence electrons. The summed E-state index contributed by atoms with van der Waals surface area (Å²) in [4.78, 5) is 24.9. The van der Waals surface area contributed by atoms with Crippen LogP contribution in [-0.2, 0) is 4.79 Å². The summed E-state index contributed by atoms with van der Waals surface area (Å²) in [5, 5.41) is 19.6. The molecule has 0 aliphatic heterocycles. The molecule has 1 aromatic heterocycles. The molecule has 18 heavy (non-hydrogen) atoms. The van der Waals surface area contributed by atoms with Gasteiger partial charge in [0.25, 0.3) is 0 Å². The number of thioether (sulfide) groups is 1. The van der Waals surface area contributed by atoms with Gasteiger partial charge in [0.05, 0.1) is 6.10 Å². The second-order valence-electron chi connectivity index (χ2n) is 3.78. The maximum absolute atomic E-state index is 10.7. The zero-order valence-electron chi connectivity index (χ0n) is 9.94. The molecule has 1 heterocycles. The minimum Gasteiger partial charge on any atom is -0.390 e. The van der Waals surface area contributed by atoms with Gasteiger partial charge >= 0.3 is 0 Å². The Labute approximate surface area is 109 Å². The van der Waals surface area contributed by atoms with E-state index in [4.69, 9.17) is 0 Å². The summed E-state index contributed by atoms with van der Waals surface area (Å²) in [5.74, 6) is 0.452. The van der Waals surface area contributed by atoms with Gasteiger partial charge in [0.1, 0.15) is 11.8 Å². The van der Waals surface area contributed by atoms with Gasteiger partial charge in [-0.05, 0) is 12.5 Å². The molecule has 2 unspecified atom stereocenters. The zero-order chi connectivity index (χ0) is 13.5. The molecule has 0 fully saturated rings. The Hall–Kier alpha value is -1.24. The Morgan fingerprint density at radius 1 is 1.50 bits per heavy atom. The largest absolute Gasteiger partial charge is 0.390 e. The van der Waals surface area contributed by atoms with Gasteiger partial charge < -0.3 is 10.2 Å².